The van der Waals surface area contributed by atoms with E-state index in [4.69, 9.17) is 4.74 Å². The van der Waals surface area contributed by atoms with Gasteiger partial charge in [0.15, 0.2) is 0 Å². The monoisotopic (exact) mass is 280 g/mol. The molecule has 2 aliphatic rings. The van der Waals surface area contributed by atoms with Gasteiger partial charge >= 0.3 is 6.18 Å². The number of rotatable bonds is 3. The Morgan fingerprint density at radius 1 is 1.16 bits per heavy atom. The molecule has 2 fully saturated rings. The second kappa shape index (κ2) is 6.19. The Balaban J connectivity index is 1.72. The third kappa shape index (κ3) is 4.74. The standard InChI is InChI=1S/C12H19F3N2O2/c13-12(14,15)9-17-4-2-16(3-5-17)7-10-8-19-6-1-11(10)18/h10H,1-9H2. The molecule has 0 spiro atoms. The number of ether oxygens (including phenoxy) is 1. The van der Waals surface area contributed by atoms with E-state index in [1.165, 1.54) is 4.90 Å². The van der Waals surface area contributed by atoms with E-state index in [2.05, 4.69) is 4.90 Å². The van der Waals surface area contributed by atoms with E-state index in [9.17, 15) is 18.0 Å². The highest BCUT2D eigenvalue weighted by atomic mass is 19.4. The Morgan fingerprint density at radius 3 is 2.37 bits per heavy atom. The molecule has 0 bridgehead atoms. The van der Waals surface area contributed by atoms with Gasteiger partial charge in [-0.2, -0.15) is 13.2 Å². The van der Waals surface area contributed by atoms with Crippen LogP contribution in [0.15, 0.2) is 0 Å². The predicted octanol–water partition coefficient (Wildman–Crippen LogP) is 0.772. The van der Waals surface area contributed by atoms with Gasteiger partial charge in [-0.05, 0) is 0 Å². The van der Waals surface area contributed by atoms with Crippen LogP contribution in [-0.4, -0.2) is 74.2 Å². The molecule has 2 heterocycles. The summed E-state index contributed by atoms with van der Waals surface area (Å²) < 4.78 is 42.0. The normalized spacial score (nSPS) is 27.7. The van der Waals surface area contributed by atoms with Crippen LogP contribution in [-0.2, 0) is 9.53 Å². The SMILES string of the molecule is O=C1CCOCC1CN1CCN(CC(F)(F)F)CC1. The number of carbonyl (C=O) groups excluding carboxylic acids is 1. The third-order valence-electron chi connectivity index (χ3n) is 3.61. The fourth-order valence-corrected chi connectivity index (χ4v) is 2.55. The van der Waals surface area contributed by atoms with E-state index in [1.807, 2.05) is 0 Å². The Kier molecular flexibility index (Phi) is 4.81. The lowest BCUT2D eigenvalue weighted by atomic mass is 10.00. The Labute approximate surface area is 110 Å². The van der Waals surface area contributed by atoms with Gasteiger partial charge in [-0.15, -0.1) is 0 Å². The molecule has 110 valence electrons. The Bertz CT molecular complexity index is 315. The minimum atomic E-state index is -4.13. The van der Waals surface area contributed by atoms with E-state index in [0.29, 0.717) is 52.4 Å². The zero-order valence-corrected chi connectivity index (χ0v) is 10.8. The molecule has 0 aromatic rings. The zero-order valence-electron chi connectivity index (χ0n) is 10.8. The van der Waals surface area contributed by atoms with Crippen molar-refractivity contribution in [2.24, 2.45) is 5.92 Å². The Hall–Kier alpha value is -0.660. The number of hydrogen-bond acceptors (Lipinski definition) is 4. The van der Waals surface area contributed by atoms with E-state index in [1.54, 1.807) is 0 Å². The number of carbonyl (C=O) groups is 1. The summed E-state index contributed by atoms with van der Waals surface area (Å²) in [6.45, 7) is 2.68. The van der Waals surface area contributed by atoms with Crippen molar-refractivity contribution in [1.82, 2.24) is 9.80 Å². The molecule has 0 radical (unpaired) electrons. The maximum atomic E-state index is 12.2. The highest BCUT2D eigenvalue weighted by molar-refractivity contribution is 5.82. The number of alkyl halides is 3. The van der Waals surface area contributed by atoms with E-state index >= 15 is 0 Å². The van der Waals surface area contributed by atoms with Crippen molar-refractivity contribution >= 4 is 5.78 Å². The minimum Gasteiger partial charge on any atom is -0.380 e. The number of ketones is 1. The van der Waals surface area contributed by atoms with Gasteiger partial charge < -0.3 is 4.74 Å². The molecule has 19 heavy (non-hydrogen) atoms. The fourth-order valence-electron chi connectivity index (χ4n) is 2.55. The first kappa shape index (κ1) is 14.7. The van der Waals surface area contributed by atoms with Crippen LogP contribution in [0.5, 0.6) is 0 Å². The number of piperazine rings is 1. The molecular formula is C12H19F3N2O2. The molecule has 1 unspecified atom stereocenters. The minimum absolute atomic E-state index is 0.108. The maximum absolute atomic E-state index is 12.2. The van der Waals surface area contributed by atoms with Crippen LogP contribution in [0.1, 0.15) is 6.42 Å². The van der Waals surface area contributed by atoms with Gasteiger partial charge in [-0.25, -0.2) is 0 Å². The first-order valence-corrected chi connectivity index (χ1v) is 6.56. The van der Waals surface area contributed by atoms with Crippen LogP contribution in [0.25, 0.3) is 0 Å². The lowest BCUT2D eigenvalue weighted by Crippen LogP contribution is -2.51. The van der Waals surface area contributed by atoms with Gasteiger partial charge in [0.2, 0.25) is 0 Å². The lowest BCUT2D eigenvalue weighted by molar-refractivity contribution is -0.149. The lowest BCUT2D eigenvalue weighted by Gasteiger charge is -2.36. The van der Waals surface area contributed by atoms with Crippen LogP contribution in [0.4, 0.5) is 13.2 Å². The summed E-state index contributed by atoms with van der Waals surface area (Å²) in [5.41, 5.74) is 0. The summed E-state index contributed by atoms with van der Waals surface area (Å²) in [5, 5.41) is 0. The molecule has 0 aliphatic carbocycles. The van der Waals surface area contributed by atoms with Crippen molar-refractivity contribution in [2.45, 2.75) is 12.6 Å². The van der Waals surface area contributed by atoms with Crippen molar-refractivity contribution in [3.05, 3.63) is 0 Å². The summed E-state index contributed by atoms with van der Waals surface area (Å²) in [7, 11) is 0. The maximum Gasteiger partial charge on any atom is 0.401 e. The van der Waals surface area contributed by atoms with Gasteiger partial charge in [0, 0.05) is 39.1 Å². The molecule has 0 aromatic carbocycles. The van der Waals surface area contributed by atoms with E-state index in [0.717, 1.165) is 0 Å². The zero-order chi connectivity index (χ0) is 13.9. The molecule has 0 saturated carbocycles. The first-order chi connectivity index (χ1) is 8.94. The molecule has 0 aromatic heterocycles. The molecule has 0 N–H and O–H groups in total. The first-order valence-electron chi connectivity index (χ1n) is 6.56. The quantitative estimate of drug-likeness (QED) is 0.764. The van der Waals surface area contributed by atoms with E-state index in [-0.39, 0.29) is 11.7 Å². The second-order valence-electron chi connectivity index (χ2n) is 5.18. The molecule has 0 amide bonds. The summed E-state index contributed by atoms with van der Waals surface area (Å²) >= 11 is 0. The van der Waals surface area contributed by atoms with Crippen LogP contribution in [0.2, 0.25) is 0 Å². The van der Waals surface area contributed by atoms with Crippen LogP contribution in [0.3, 0.4) is 0 Å². The smallest absolute Gasteiger partial charge is 0.380 e. The topological polar surface area (TPSA) is 32.8 Å². The van der Waals surface area contributed by atoms with Gasteiger partial charge in [0.25, 0.3) is 0 Å². The van der Waals surface area contributed by atoms with Crippen LogP contribution < -0.4 is 0 Å². The highest BCUT2D eigenvalue weighted by Crippen LogP contribution is 2.18. The van der Waals surface area contributed by atoms with Crippen LogP contribution >= 0.6 is 0 Å². The summed E-state index contributed by atoms with van der Waals surface area (Å²) in [6, 6.07) is 0. The molecule has 4 nitrogen and oxygen atoms in total. The molecule has 2 aliphatic heterocycles. The Morgan fingerprint density at radius 2 is 1.79 bits per heavy atom. The molecule has 2 rings (SSSR count). The number of nitrogens with zero attached hydrogens (tertiary/aromatic N) is 2. The van der Waals surface area contributed by atoms with Crippen LogP contribution in [0, 0.1) is 5.92 Å². The summed E-state index contributed by atoms with van der Waals surface area (Å²) in [6.07, 6.45) is -3.67. The average molecular weight is 280 g/mol. The number of hydrogen-bond donors (Lipinski definition) is 0. The van der Waals surface area contributed by atoms with Crippen molar-refractivity contribution in [3.63, 3.8) is 0 Å². The van der Waals surface area contributed by atoms with Crippen molar-refractivity contribution in [1.29, 1.82) is 0 Å². The van der Waals surface area contributed by atoms with Gasteiger partial charge in [-0.1, -0.05) is 0 Å². The average Bonchev–Trinajstić information content (AvgIpc) is 2.33. The molecule has 1 atom stereocenters. The van der Waals surface area contributed by atoms with Gasteiger partial charge in [0.05, 0.1) is 25.7 Å². The molecular weight excluding hydrogens is 261 g/mol. The summed E-state index contributed by atoms with van der Waals surface area (Å²) in [5.74, 6) is 0.104. The van der Waals surface area contributed by atoms with Crippen molar-refractivity contribution in [3.8, 4) is 0 Å². The predicted molar refractivity (Wildman–Crippen MR) is 62.9 cm³/mol. The van der Waals surface area contributed by atoms with Crippen molar-refractivity contribution < 1.29 is 22.7 Å². The number of Topliss-reactive ketones (excluding diaryl/α,β-unsaturated/α-hetero) is 1. The third-order valence-corrected chi connectivity index (χ3v) is 3.61. The van der Waals surface area contributed by atoms with E-state index < -0.39 is 12.7 Å². The van der Waals surface area contributed by atoms with Gasteiger partial charge in [0.1, 0.15) is 5.78 Å². The highest BCUT2D eigenvalue weighted by Gasteiger charge is 2.33. The summed E-state index contributed by atoms with van der Waals surface area (Å²) in [4.78, 5) is 15.1. The molecule has 7 heteroatoms. The largest absolute Gasteiger partial charge is 0.401 e. The van der Waals surface area contributed by atoms with Gasteiger partial charge in [-0.3, -0.25) is 14.6 Å². The fraction of sp³-hybridized carbons (Fsp3) is 0.917. The molecule has 2 saturated heterocycles. The second-order valence-corrected chi connectivity index (χ2v) is 5.18. The number of halogens is 3. The van der Waals surface area contributed by atoms with Crippen molar-refractivity contribution in [2.75, 3.05) is 52.5 Å².